The molecule has 4 rings (SSSR count). The van der Waals surface area contributed by atoms with Crippen molar-refractivity contribution in [2.24, 2.45) is 5.41 Å². The van der Waals surface area contributed by atoms with E-state index in [1.54, 1.807) is 6.07 Å². The molecule has 2 aromatic carbocycles. The lowest BCUT2D eigenvalue weighted by atomic mass is 9.75. The maximum atomic E-state index is 13.0. The lowest BCUT2D eigenvalue weighted by Crippen LogP contribution is -2.33. The number of nitrogens with zero attached hydrogens (tertiary/aromatic N) is 1. The normalized spacial score (nSPS) is 14.5. The van der Waals surface area contributed by atoms with Crippen LogP contribution in [0.4, 0.5) is 11.4 Å². The van der Waals surface area contributed by atoms with Gasteiger partial charge in [-0.25, -0.2) is 0 Å². The first-order valence-electron chi connectivity index (χ1n) is 10.7. The zero-order valence-corrected chi connectivity index (χ0v) is 18.6. The van der Waals surface area contributed by atoms with Crippen molar-refractivity contribution < 1.29 is 9.59 Å². The molecule has 0 aliphatic heterocycles. The van der Waals surface area contributed by atoms with Crippen LogP contribution in [0.2, 0.25) is 0 Å². The smallest absolute Gasteiger partial charge is 0.261 e. The topological polar surface area (TPSA) is 82.3 Å². The van der Waals surface area contributed by atoms with E-state index in [9.17, 15) is 14.4 Å². The zero-order chi connectivity index (χ0) is 22.9. The first-order chi connectivity index (χ1) is 15.2. The van der Waals surface area contributed by atoms with E-state index < -0.39 is 11.5 Å². The van der Waals surface area contributed by atoms with E-state index in [1.807, 2.05) is 74.3 Å². The quantitative estimate of drug-likeness (QED) is 0.629. The third-order valence-electron chi connectivity index (χ3n) is 5.79. The molecular weight excluding hydrogens is 402 g/mol. The van der Waals surface area contributed by atoms with Crippen molar-refractivity contribution in [3.05, 3.63) is 93.4 Å². The van der Waals surface area contributed by atoms with Crippen molar-refractivity contribution in [3.8, 4) is 0 Å². The van der Waals surface area contributed by atoms with Crippen LogP contribution >= 0.6 is 0 Å². The number of H-pyrrole nitrogens is 1. The van der Waals surface area contributed by atoms with Crippen LogP contribution in [0.5, 0.6) is 0 Å². The van der Waals surface area contributed by atoms with E-state index in [2.05, 4.69) is 10.3 Å². The van der Waals surface area contributed by atoms with E-state index in [4.69, 9.17) is 0 Å². The van der Waals surface area contributed by atoms with E-state index in [-0.39, 0.29) is 16.8 Å². The molecule has 1 aliphatic carbocycles. The van der Waals surface area contributed by atoms with Crippen molar-refractivity contribution >= 4 is 23.1 Å². The molecule has 2 N–H and O–H groups in total. The number of carbonyl (C=O) groups is 2. The second kappa shape index (κ2) is 8.46. The number of fused-ring (bicyclic) bond motifs is 1. The van der Waals surface area contributed by atoms with Crippen molar-refractivity contribution in [1.82, 2.24) is 4.98 Å². The van der Waals surface area contributed by atoms with Crippen LogP contribution in [0.15, 0.2) is 65.5 Å². The summed E-state index contributed by atoms with van der Waals surface area (Å²) in [6.45, 7) is 4.66. The summed E-state index contributed by atoms with van der Waals surface area (Å²) in [5.41, 5.74) is 2.86. The number of ketones is 1. The predicted molar refractivity (Wildman–Crippen MR) is 126 cm³/mol. The third kappa shape index (κ3) is 4.49. The number of aromatic nitrogens is 1. The van der Waals surface area contributed by atoms with Crippen LogP contribution in [-0.2, 0) is 13.0 Å². The predicted octanol–water partition coefficient (Wildman–Crippen LogP) is 4.42. The van der Waals surface area contributed by atoms with Crippen molar-refractivity contribution in [1.29, 1.82) is 0 Å². The molecule has 164 valence electrons. The first-order valence-corrected chi connectivity index (χ1v) is 10.7. The Balaban J connectivity index is 1.60. The monoisotopic (exact) mass is 429 g/mol. The Morgan fingerprint density at radius 3 is 2.47 bits per heavy atom. The molecule has 6 heteroatoms. The Morgan fingerprint density at radius 1 is 1.03 bits per heavy atom. The molecule has 0 saturated heterocycles. The first kappa shape index (κ1) is 21.6. The van der Waals surface area contributed by atoms with E-state index in [1.165, 1.54) is 6.07 Å². The Hall–Kier alpha value is -3.67. The summed E-state index contributed by atoms with van der Waals surface area (Å²) in [5, 5.41) is 2.86. The number of Topliss-reactive ketones (excluding diaryl/α,β-unsaturated/α-hetero) is 1. The third-order valence-corrected chi connectivity index (χ3v) is 5.79. The highest BCUT2D eigenvalue weighted by molar-refractivity contribution is 6.08. The fourth-order valence-electron chi connectivity index (χ4n) is 4.24. The summed E-state index contributed by atoms with van der Waals surface area (Å²) in [4.78, 5) is 43.1. The number of pyridine rings is 1. The molecule has 1 aliphatic rings. The summed E-state index contributed by atoms with van der Waals surface area (Å²) in [5.74, 6) is -0.586. The van der Waals surface area contributed by atoms with Gasteiger partial charge in [0.2, 0.25) is 0 Å². The SMILES string of the molecule is CN(Cc1ccccc1)c1ccccc1NC(=O)c1cc2c([nH]c1=O)CC(C)(C)CC2=O. The Bertz CT molecular complexity index is 1230. The van der Waals surface area contributed by atoms with Crippen LogP contribution in [0.1, 0.15) is 52.2 Å². The van der Waals surface area contributed by atoms with Gasteiger partial charge >= 0.3 is 0 Å². The van der Waals surface area contributed by atoms with Gasteiger partial charge in [0.15, 0.2) is 5.78 Å². The molecule has 0 spiro atoms. The number of amides is 1. The maximum absolute atomic E-state index is 13.0. The number of carbonyl (C=O) groups excluding carboxylic acids is 2. The second-order valence-electron chi connectivity index (χ2n) is 9.16. The largest absolute Gasteiger partial charge is 0.369 e. The minimum absolute atomic E-state index is 0.0513. The molecule has 32 heavy (non-hydrogen) atoms. The Morgan fingerprint density at radius 2 is 1.72 bits per heavy atom. The molecule has 0 fully saturated rings. The number of benzene rings is 2. The molecule has 3 aromatic rings. The van der Waals surface area contributed by atoms with Gasteiger partial charge in [-0.2, -0.15) is 0 Å². The summed E-state index contributed by atoms with van der Waals surface area (Å²) < 4.78 is 0. The van der Waals surface area contributed by atoms with Crippen molar-refractivity contribution in [2.75, 3.05) is 17.3 Å². The molecule has 1 amide bonds. The highest BCUT2D eigenvalue weighted by Crippen LogP contribution is 2.33. The molecular formula is C26H27N3O3. The zero-order valence-electron chi connectivity index (χ0n) is 18.6. The fourth-order valence-corrected chi connectivity index (χ4v) is 4.24. The molecule has 1 aromatic heterocycles. The Labute approximate surface area is 187 Å². The van der Waals surface area contributed by atoms with Gasteiger partial charge in [-0.1, -0.05) is 56.3 Å². The standard InChI is InChI=1S/C26H27N3O3/c1-26(2)14-21-18(23(30)15-26)13-19(25(32)28-21)24(31)27-20-11-7-8-12-22(20)29(3)16-17-9-5-4-6-10-17/h4-13H,14-16H2,1-3H3,(H,27,31)(H,28,32). The van der Waals surface area contributed by atoms with Gasteiger partial charge in [0, 0.05) is 31.3 Å². The van der Waals surface area contributed by atoms with Crippen LogP contribution in [-0.4, -0.2) is 23.7 Å². The van der Waals surface area contributed by atoms with Crippen molar-refractivity contribution in [2.45, 2.75) is 33.2 Å². The van der Waals surface area contributed by atoms with Gasteiger partial charge < -0.3 is 15.2 Å². The molecule has 0 unspecified atom stereocenters. The van der Waals surface area contributed by atoms with Crippen LogP contribution in [0, 0.1) is 5.41 Å². The average molecular weight is 430 g/mol. The highest BCUT2D eigenvalue weighted by Gasteiger charge is 2.32. The molecule has 0 saturated carbocycles. The summed E-state index contributed by atoms with van der Waals surface area (Å²) in [6, 6.07) is 18.9. The van der Waals surface area contributed by atoms with Gasteiger partial charge in [0.25, 0.3) is 11.5 Å². The number of hydrogen-bond acceptors (Lipinski definition) is 4. The van der Waals surface area contributed by atoms with Gasteiger partial charge in [-0.3, -0.25) is 14.4 Å². The minimum atomic E-state index is -0.535. The van der Waals surface area contributed by atoms with E-state index in [0.29, 0.717) is 36.3 Å². The van der Waals surface area contributed by atoms with E-state index in [0.717, 1.165) is 11.3 Å². The van der Waals surface area contributed by atoms with Gasteiger partial charge in [0.1, 0.15) is 5.56 Å². The molecule has 0 bridgehead atoms. The Kier molecular flexibility index (Phi) is 5.70. The second-order valence-corrected chi connectivity index (χ2v) is 9.16. The van der Waals surface area contributed by atoms with Crippen LogP contribution < -0.4 is 15.8 Å². The average Bonchev–Trinajstić information content (AvgIpc) is 2.73. The fraction of sp³-hybridized carbons (Fsp3) is 0.269. The summed E-state index contributed by atoms with van der Waals surface area (Å²) >= 11 is 0. The highest BCUT2D eigenvalue weighted by atomic mass is 16.2. The van der Waals surface area contributed by atoms with E-state index >= 15 is 0 Å². The van der Waals surface area contributed by atoms with Gasteiger partial charge in [0.05, 0.1) is 11.4 Å². The van der Waals surface area contributed by atoms with Crippen molar-refractivity contribution in [3.63, 3.8) is 0 Å². The lowest BCUT2D eigenvalue weighted by molar-refractivity contribution is 0.0910. The maximum Gasteiger partial charge on any atom is 0.261 e. The summed E-state index contributed by atoms with van der Waals surface area (Å²) in [6.07, 6.45) is 0.985. The molecule has 0 atom stereocenters. The number of hydrogen-bond donors (Lipinski definition) is 2. The molecule has 6 nitrogen and oxygen atoms in total. The minimum Gasteiger partial charge on any atom is -0.369 e. The number of rotatable bonds is 5. The summed E-state index contributed by atoms with van der Waals surface area (Å²) in [7, 11) is 1.95. The number of para-hydroxylation sites is 2. The number of nitrogens with one attached hydrogen (secondary N) is 2. The van der Waals surface area contributed by atoms with Crippen LogP contribution in [0.3, 0.4) is 0 Å². The van der Waals surface area contributed by atoms with Crippen LogP contribution in [0.25, 0.3) is 0 Å². The van der Waals surface area contributed by atoms with Gasteiger partial charge in [-0.15, -0.1) is 0 Å². The number of anilines is 2. The molecule has 1 heterocycles. The lowest BCUT2D eigenvalue weighted by Gasteiger charge is -2.29. The van der Waals surface area contributed by atoms with Gasteiger partial charge in [-0.05, 0) is 35.6 Å². The number of aromatic amines is 1. The molecule has 0 radical (unpaired) electrons.